The Morgan fingerprint density at radius 2 is 1.83 bits per heavy atom. The summed E-state index contributed by atoms with van der Waals surface area (Å²) in [6.45, 7) is 3.79. The monoisotopic (exact) mass is 360 g/mol. The van der Waals surface area contributed by atoms with Gasteiger partial charge in [-0.2, -0.15) is 30.9 Å². The normalized spacial score (nSPS) is 29.7. The third-order valence-corrected chi connectivity index (χ3v) is 4.21. The van der Waals surface area contributed by atoms with Gasteiger partial charge >= 0.3 is 15.5 Å². The number of hydrogen-bond acceptors (Lipinski definition) is 2. The van der Waals surface area contributed by atoms with Crippen LogP contribution in [0.2, 0.25) is 0 Å². The Morgan fingerprint density at radius 3 is 2.28 bits per heavy atom. The number of nitrogens with one attached hydrogen (secondary N) is 1. The first kappa shape index (κ1) is 18.8. The maximum atomic E-state index is 12.1. The largest absolute Gasteiger partial charge is 0.511 e. The molecule has 0 aromatic heterocycles. The molecule has 1 rings (SSSR count). The van der Waals surface area contributed by atoms with Crippen molar-refractivity contribution in [1.29, 1.82) is 0 Å². The minimum Gasteiger partial charge on any atom is -0.330 e. The van der Waals surface area contributed by atoms with E-state index in [1.807, 2.05) is 26.7 Å². The smallest absolute Gasteiger partial charge is 0.330 e. The Hall–Kier alpha value is 0.804. The Bertz CT molecular complexity index is 359. The summed E-state index contributed by atoms with van der Waals surface area (Å²) < 4.78 is 59.3. The van der Waals surface area contributed by atoms with E-state index in [0.717, 1.165) is 0 Å². The summed E-state index contributed by atoms with van der Waals surface area (Å²) in [5, 5.41) is 0. The van der Waals surface area contributed by atoms with E-state index in [0.29, 0.717) is 12.3 Å². The van der Waals surface area contributed by atoms with E-state index in [9.17, 15) is 21.6 Å². The average molecular weight is 360 g/mol. The molecule has 105 valence electrons. The summed E-state index contributed by atoms with van der Waals surface area (Å²) in [5.41, 5.74) is -5.23. The van der Waals surface area contributed by atoms with Crippen LogP contribution in [0, 0.1) is 30.6 Å². The second-order valence-electron chi connectivity index (χ2n) is 4.44. The zero-order chi connectivity index (χ0) is 13.3. The quantitative estimate of drug-likeness (QED) is 0.784. The number of rotatable bonds is 3. The van der Waals surface area contributed by atoms with Crippen LogP contribution in [0.4, 0.5) is 13.2 Å². The number of sulfonamides is 1. The van der Waals surface area contributed by atoms with Gasteiger partial charge in [0, 0.05) is 32.7 Å². The van der Waals surface area contributed by atoms with Gasteiger partial charge in [-0.3, -0.25) is 0 Å². The predicted octanol–water partition coefficient (Wildman–Crippen LogP) is 2.12. The standard InChI is InChI=1S/C10H16F3NO2S.Y/c1-7-3-4-9(5-8(7)2)6-14-17(15,16)10(11,12)13;/h3,5,7-9,14H,4,6H2,1-2H3;/q-2;. The topological polar surface area (TPSA) is 46.2 Å². The number of halogens is 3. The molecule has 1 fully saturated rings. The minimum absolute atomic E-state index is 0. The van der Waals surface area contributed by atoms with Crippen molar-refractivity contribution in [3.05, 3.63) is 12.8 Å². The summed E-state index contributed by atoms with van der Waals surface area (Å²) in [7, 11) is -5.21. The van der Waals surface area contributed by atoms with Crippen molar-refractivity contribution in [2.75, 3.05) is 6.54 Å². The van der Waals surface area contributed by atoms with Crippen LogP contribution in [-0.4, -0.2) is 20.5 Å². The summed E-state index contributed by atoms with van der Waals surface area (Å²) in [6, 6.07) is 0. The SMILES string of the molecule is CC1[CH-]CC(CNS(=O)(=O)C(F)(F)F)[CH-]C1C.[Y]. The fraction of sp³-hybridized carbons (Fsp3) is 0.800. The molecular weight excluding hydrogens is 344 g/mol. The van der Waals surface area contributed by atoms with Gasteiger partial charge < -0.3 is 12.8 Å². The van der Waals surface area contributed by atoms with Gasteiger partial charge in [0.1, 0.15) is 0 Å². The van der Waals surface area contributed by atoms with E-state index in [-0.39, 0.29) is 51.1 Å². The second-order valence-corrected chi connectivity index (χ2v) is 6.20. The van der Waals surface area contributed by atoms with Crippen LogP contribution >= 0.6 is 0 Å². The molecule has 1 aliphatic rings. The van der Waals surface area contributed by atoms with Gasteiger partial charge in [0.2, 0.25) is 0 Å². The van der Waals surface area contributed by atoms with Crippen molar-refractivity contribution >= 4 is 10.0 Å². The molecule has 3 unspecified atom stereocenters. The van der Waals surface area contributed by atoms with Crippen molar-refractivity contribution in [3.8, 4) is 0 Å². The molecule has 0 saturated heterocycles. The molecule has 0 amide bonds. The molecule has 1 saturated carbocycles. The van der Waals surface area contributed by atoms with Crippen molar-refractivity contribution in [2.45, 2.75) is 25.8 Å². The van der Waals surface area contributed by atoms with Crippen molar-refractivity contribution in [3.63, 3.8) is 0 Å². The van der Waals surface area contributed by atoms with Crippen LogP contribution < -0.4 is 4.72 Å². The molecule has 3 nitrogen and oxygen atoms in total. The van der Waals surface area contributed by atoms with Crippen LogP contribution in [-0.2, 0) is 42.7 Å². The summed E-state index contributed by atoms with van der Waals surface area (Å²) in [4.78, 5) is 0. The average Bonchev–Trinajstić information content (AvgIpc) is 2.18. The molecule has 1 aliphatic carbocycles. The number of hydrogen-bond donors (Lipinski definition) is 1. The van der Waals surface area contributed by atoms with Gasteiger partial charge in [-0.15, -0.1) is 0 Å². The molecule has 18 heavy (non-hydrogen) atoms. The van der Waals surface area contributed by atoms with Crippen molar-refractivity contribution < 1.29 is 54.3 Å². The minimum atomic E-state index is -5.23. The van der Waals surface area contributed by atoms with Crippen LogP contribution in [0.3, 0.4) is 0 Å². The first-order valence-electron chi connectivity index (χ1n) is 5.37. The van der Waals surface area contributed by atoms with Crippen LogP contribution in [0.5, 0.6) is 0 Å². The fourth-order valence-electron chi connectivity index (χ4n) is 1.74. The zero-order valence-electron chi connectivity index (χ0n) is 10.2. The van der Waals surface area contributed by atoms with E-state index in [4.69, 9.17) is 0 Å². The van der Waals surface area contributed by atoms with Gasteiger partial charge in [0.05, 0.1) is 0 Å². The third kappa shape index (κ3) is 5.06. The third-order valence-electron chi connectivity index (χ3n) is 3.06. The van der Waals surface area contributed by atoms with Gasteiger partial charge in [0.15, 0.2) is 0 Å². The predicted molar refractivity (Wildman–Crippen MR) is 58.0 cm³/mol. The van der Waals surface area contributed by atoms with E-state index in [1.54, 1.807) is 4.72 Å². The maximum absolute atomic E-state index is 12.1. The Balaban J connectivity index is 0.00000289. The van der Waals surface area contributed by atoms with E-state index < -0.39 is 15.5 Å². The molecule has 0 aromatic rings. The molecule has 0 bridgehead atoms. The molecule has 0 heterocycles. The maximum Gasteiger partial charge on any atom is 0.511 e. The first-order chi connectivity index (χ1) is 7.63. The summed E-state index contributed by atoms with van der Waals surface area (Å²) in [6.07, 6.45) is 4.52. The Morgan fingerprint density at radius 1 is 1.28 bits per heavy atom. The number of alkyl halides is 3. The Labute approximate surface area is 131 Å². The van der Waals surface area contributed by atoms with Gasteiger partial charge in [-0.1, -0.05) is 13.8 Å². The molecule has 0 spiro atoms. The molecule has 8 heteroatoms. The van der Waals surface area contributed by atoms with E-state index in [2.05, 4.69) is 0 Å². The molecular formula is C10H16F3NO2SY-2. The second kappa shape index (κ2) is 7.00. The van der Waals surface area contributed by atoms with Crippen molar-refractivity contribution in [2.24, 2.45) is 17.8 Å². The van der Waals surface area contributed by atoms with Crippen molar-refractivity contribution in [1.82, 2.24) is 4.72 Å². The van der Waals surface area contributed by atoms with E-state index >= 15 is 0 Å². The molecule has 1 radical (unpaired) electrons. The Kier molecular flexibility index (Phi) is 7.31. The zero-order valence-corrected chi connectivity index (χ0v) is 13.9. The van der Waals surface area contributed by atoms with E-state index in [1.165, 1.54) is 0 Å². The first-order valence-corrected chi connectivity index (χ1v) is 6.86. The molecule has 1 N–H and O–H groups in total. The van der Waals surface area contributed by atoms with Gasteiger partial charge in [-0.05, 0) is 6.54 Å². The summed E-state index contributed by atoms with van der Waals surface area (Å²) in [5.74, 6) is 0.466. The molecule has 3 atom stereocenters. The van der Waals surface area contributed by atoms with Gasteiger partial charge in [-0.25, -0.2) is 19.6 Å². The van der Waals surface area contributed by atoms with Crippen LogP contribution in [0.15, 0.2) is 0 Å². The van der Waals surface area contributed by atoms with Crippen LogP contribution in [0.25, 0.3) is 0 Å². The summed E-state index contributed by atoms with van der Waals surface area (Å²) >= 11 is 0. The van der Waals surface area contributed by atoms with Gasteiger partial charge in [0.25, 0.3) is 0 Å². The van der Waals surface area contributed by atoms with Crippen LogP contribution in [0.1, 0.15) is 20.3 Å². The fourth-order valence-corrected chi connectivity index (χ4v) is 2.33. The molecule has 0 aromatic carbocycles. The molecule has 0 aliphatic heterocycles.